The third-order valence-electron chi connectivity index (χ3n) is 3.29. The SMILES string of the molecule is CC(C)CC(N)C(=O)NCC(C(C)C)C(C)C. The first-order valence-corrected chi connectivity index (χ1v) is 6.79. The lowest BCUT2D eigenvalue weighted by molar-refractivity contribution is -0.123. The Morgan fingerprint density at radius 2 is 1.53 bits per heavy atom. The summed E-state index contributed by atoms with van der Waals surface area (Å²) in [6.45, 7) is 13.7. The summed E-state index contributed by atoms with van der Waals surface area (Å²) in [5.41, 5.74) is 5.84. The summed E-state index contributed by atoms with van der Waals surface area (Å²) in [4.78, 5) is 11.8. The molecule has 1 atom stereocenters. The van der Waals surface area contributed by atoms with Gasteiger partial charge in [-0.05, 0) is 30.1 Å². The van der Waals surface area contributed by atoms with E-state index in [1.54, 1.807) is 0 Å². The van der Waals surface area contributed by atoms with Crippen molar-refractivity contribution >= 4 is 5.91 Å². The molecule has 0 saturated carbocycles. The first kappa shape index (κ1) is 16.4. The van der Waals surface area contributed by atoms with Crippen LogP contribution in [0.4, 0.5) is 0 Å². The standard InChI is InChI=1S/C14H30N2O/c1-9(2)7-13(15)14(17)16-8-12(10(3)4)11(5)6/h9-13H,7-8,15H2,1-6H3,(H,16,17). The van der Waals surface area contributed by atoms with Gasteiger partial charge in [0.15, 0.2) is 0 Å². The van der Waals surface area contributed by atoms with Gasteiger partial charge in [-0.2, -0.15) is 0 Å². The first-order valence-electron chi connectivity index (χ1n) is 6.79. The number of carbonyl (C=O) groups excluding carboxylic acids is 1. The highest BCUT2D eigenvalue weighted by Gasteiger charge is 2.20. The Bertz CT molecular complexity index is 216. The highest BCUT2D eigenvalue weighted by Crippen LogP contribution is 2.19. The molecule has 0 bridgehead atoms. The molecule has 1 amide bonds. The van der Waals surface area contributed by atoms with Gasteiger partial charge in [0, 0.05) is 6.54 Å². The van der Waals surface area contributed by atoms with Crippen molar-refractivity contribution in [1.82, 2.24) is 5.32 Å². The topological polar surface area (TPSA) is 55.1 Å². The van der Waals surface area contributed by atoms with E-state index in [1.165, 1.54) is 0 Å². The highest BCUT2D eigenvalue weighted by molar-refractivity contribution is 5.81. The van der Waals surface area contributed by atoms with Gasteiger partial charge in [-0.3, -0.25) is 4.79 Å². The quantitative estimate of drug-likeness (QED) is 0.720. The number of hydrogen-bond acceptors (Lipinski definition) is 2. The molecule has 102 valence electrons. The van der Waals surface area contributed by atoms with E-state index in [9.17, 15) is 4.79 Å². The van der Waals surface area contributed by atoms with Crippen molar-refractivity contribution < 1.29 is 4.79 Å². The minimum atomic E-state index is -0.366. The van der Waals surface area contributed by atoms with E-state index in [2.05, 4.69) is 46.9 Å². The Kier molecular flexibility index (Phi) is 7.44. The zero-order valence-electron chi connectivity index (χ0n) is 12.3. The number of hydrogen-bond donors (Lipinski definition) is 2. The van der Waals surface area contributed by atoms with Crippen molar-refractivity contribution in [3.63, 3.8) is 0 Å². The molecule has 0 aliphatic carbocycles. The molecule has 0 spiro atoms. The predicted octanol–water partition coefficient (Wildman–Crippen LogP) is 2.40. The van der Waals surface area contributed by atoms with Gasteiger partial charge < -0.3 is 11.1 Å². The molecule has 3 heteroatoms. The molecule has 1 unspecified atom stereocenters. The summed E-state index contributed by atoms with van der Waals surface area (Å²) in [6, 6.07) is -0.366. The lowest BCUT2D eigenvalue weighted by Crippen LogP contribution is -2.44. The van der Waals surface area contributed by atoms with Crippen LogP contribution in [0.5, 0.6) is 0 Å². The average molecular weight is 242 g/mol. The van der Waals surface area contributed by atoms with Crippen LogP contribution in [0, 0.1) is 23.7 Å². The molecule has 17 heavy (non-hydrogen) atoms. The second kappa shape index (κ2) is 7.70. The van der Waals surface area contributed by atoms with Gasteiger partial charge in [-0.25, -0.2) is 0 Å². The summed E-state index contributed by atoms with van der Waals surface area (Å²) in [7, 11) is 0. The van der Waals surface area contributed by atoms with Crippen molar-refractivity contribution in [2.24, 2.45) is 29.4 Å². The summed E-state index contributed by atoms with van der Waals surface area (Å²) < 4.78 is 0. The van der Waals surface area contributed by atoms with Crippen LogP contribution in [0.15, 0.2) is 0 Å². The predicted molar refractivity (Wildman–Crippen MR) is 73.6 cm³/mol. The minimum absolute atomic E-state index is 0.00926. The van der Waals surface area contributed by atoms with E-state index in [0.29, 0.717) is 23.7 Å². The van der Waals surface area contributed by atoms with Gasteiger partial charge in [0.05, 0.1) is 6.04 Å². The van der Waals surface area contributed by atoms with Gasteiger partial charge in [-0.15, -0.1) is 0 Å². The van der Waals surface area contributed by atoms with Gasteiger partial charge in [-0.1, -0.05) is 41.5 Å². The Hall–Kier alpha value is -0.570. The second-order valence-electron chi connectivity index (χ2n) is 6.13. The van der Waals surface area contributed by atoms with E-state index < -0.39 is 0 Å². The molecule has 0 aromatic rings. The Labute approximate surface area is 107 Å². The third kappa shape index (κ3) is 6.67. The second-order valence-corrected chi connectivity index (χ2v) is 6.13. The van der Waals surface area contributed by atoms with E-state index in [1.807, 2.05) is 0 Å². The number of amides is 1. The maximum Gasteiger partial charge on any atom is 0.236 e. The van der Waals surface area contributed by atoms with Crippen LogP contribution in [0.25, 0.3) is 0 Å². The molecule has 3 N–H and O–H groups in total. The molecular formula is C14H30N2O. The van der Waals surface area contributed by atoms with Crippen LogP contribution in [-0.4, -0.2) is 18.5 Å². The normalized spacial score (nSPS) is 13.8. The van der Waals surface area contributed by atoms with Gasteiger partial charge >= 0.3 is 0 Å². The van der Waals surface area contributed by atoms with Crippen molar-refractivity contribution in [3.05, 3.63) is 0 Å². The zero-order valence-corrected chi connectivity index (χ0v) is 12.3. The number of rotatable bonds is 7. The Balaban J connectivity index is 4.12. The van der Waals surface area contributed by atoms with Crippen molar-refractivity contribution in [1.29, 1.82) is 0 Å². The molecule has 0 aliphatic heterocycles. The van der Waals surface area contributed by atoms with Crippen LogP contribution in [-0.2, 0) is 4.79 Å². The molecule has 0 fully saturated rings. The molecular weight excluding hydrogens is 212 g/mol. The zero-order chi connectivity index (χ0) is 13.6. The van der Waals surface area contributed by atoms with E-state index in [4.69, 9.17) is 5.73 Å². The molecule has 0 rings (SSSR count). The van der Waals surface area contributed by atoms with E-state index in [0.717, 1.165) is 13.0 Å². The molecule has 0 aliphatic rings. The van der Waals surface area contributed by atoms with Crippen molar-refractivity contribution in [2.45, 2.75) is 54.0 Å². The number of carbonyl (C=O) groups is 1. The molecule has 0 aromatic heterocycles. The van der Waals surface area contributed by atoms with E-state index >= 15 is 0 Å². The monoisotopic (exact) mass is 242 g/mol. The van der Waals surface area contributed by atoms with Crippen LogP contribution in [0.1, 0.15) is 48.0 Å². The first-order chi connectivity index (χ1) is 7.75. The van der Waals surface area contributed by atoms with Crippen molar-refractivity contribution in [3.8, 4) is 0 Å². The van der Waals surface area contributed by atoms with Gasteiger partial charge in [0.25, 0.3) is 0 Å². The average Bonchev–Trinajstić information content (AvgIpc) is 2.15. The maximum atomic E-state index is 11.8. The fourth-order valence-electron chi connectivity index (χ4n) is 2.21. The fourth-order valence-corrected chi connectivity index (χ4v) is 2.21. The summed E-state index contributed by atoms with van der Waals surface area (Å²) >= 11 is 0. The van der Waals surface area contributed by atoms with Gasteiger partial charge in [0.2, 0.25) is 5.91 Å². The largest absolute Gasteiger partial charge is 0.354 e. The van der Waals surface area contributed by atoms with Gasteiger partial charge in [0.1, 0.15) is 0 Å². The molecule has 0 heterocycles. The fraction of sp³-hybridized carbons (Fsp3) is 0.929. The van der Waals surface area contributed by atoms with Crippen LogP contribution < -0.4 is 11.1 Å². The van der Waals surface area contributed by atoms with Crippen LogP contribution in [0.3, 0.4) is 0 Å². The molecule has 0 saturated heterocycles. The summed E-state index contributed by atoms with van der Waals surface area (Å²) in [5.74, 6) is 2.13. The molecule has 0 radical (unpaired) electrons. The molecule has 0 aromatic carbocycles. The Morgan fingerprint density at radius 3 is 1.88 bits per heavy atom. The maximum absolute atomic E-state index is 11.8. The smallest absolute Gasteiger partial charge is 0.236 e. The minimum Gasteiger partial charge on any atom is -0.354 e. The number of nitrogens with two attached hydrogens (primary N) is 1. The van der Waals surface area contributed by atoms with Crippen molar-refractivity contribution in [2.75, 3.05) is 6.54 Å². The summed E-state index contributed by atoms with van der Waals surface area (Å²) in [5, 5.41) is 2.99. The lowest BCUT2D eigenvalue weighted by atomic mass is 9.85. The lowest BCUT2D eigenvalue weighted by Gasteiger charge is -2.26. The van der Waals surface area contributed by atoms with Crippen LogP contribution >= 0.6 is 0 Å². The molecule has 3 nitrogen and oxygen atoms in total. The summed E-state index contributed by atoms with van der Waals surface area (Å²) in [6.07, 6.45) is 0.750. The third-order valence-corrected chi connectivity index (χ3v) is 3.29. The Morgan fingerprint density at radius 1 is 1.06 bits per heavy atom. The van der Waals surface area contributed by atoms with E-state index in [-0.39, 0.29) is 11.9 Å². The highest BCUT2D eigenvalue weighted by atomic mass is 16.2. The number of nitrogens with one attached hydrogen (secondary N) is 1. The van der Waals surface area contributed by atoms with Crippen LogP contribution in [0.2, 0.25) is 0 Å².